The van der Waals surface area contributed by atoms with Crippen LogP contribution in [0.2, 0.25) is 0 Å². The number of anilines is 5. The maximum Gasteiger partial charge on any atom is 0.340 e. The van der Waals surface area contributed by atoms with Gasteiger partial charge in [-0.2, -0.15) is 0 Å². The van der Waals surface area contributed by atoms with Crippen LogP contribution in [0.4, 0.5) is 28.4 Å². The summed E-state index contributed by atoms with van der Waals surface area (Å²) >= 11 is -5.36. The zero-order valence-electron chi connectivity index (χ0n) is 22.7. The van der Waals surface area contributed by atoms with E-state index in [9.17, 15) is 22.3 Å². The number of carbonyl (C=O) groups is 1. The normalized spacial score (nSPS) is 12.2. The van der Waals surface area contributed by atoms with Crippen molar-refractivity contribution in [2.45, 2.75) is 13.8 Å². The van der Waals surface area contributed by atoms with E-state index in [1.165, 1.54) is 25.3 Å². The number of rotatable bonds is 10. The van der Waals surface area contributed by atoms with Gasteiger partial charge in [0.1, 0.15) is 11.5 Å². The van der Waals surface area contributed by atoms with Crippen molar-refractivity contribution in [1.29, 1.82) is 0 Å². The SMILES string of the molecule is CNc1cc(Oc2ccc(N(c3ccc(C)cc3)S(=O)[O-])c(C(=O)OC)c2)ccc1N(c1ccc(C)cc1)S(=O)[O-]. The molecule has 2 unspecified atom stereocenters. The molecule has 0 amide bonds. The molecule has 0 heterocycles. The summed E-state index contributed by atoms with van der Waals surface area (Å²) in [5.41, 5.74) is 3.61. The second-order valence-corrected chi connectivity index (χ2v) is 10.5. The molecule has 41 heavy (non-hydrogen) atoms. The number of esters is 1. The summed E-state index contributed by atoms with van der Waals surface area (Å²) in [5, 5.41) is 2.99. The Morgan fingerprint density at radius 1 is 0.732 bits per heavy atom. The maximum absolute atomic E-state index is 12.7. The van der Waals surface area contributed by atoms with Crippen LogP contribution in [-0.2, 0) is 27.3 Å². The highest BCUT2D eigenvalue weighted by Crippen LogP contribution is 2.38. The second kappa shape index (κ2) is 13.0. The minimum atomic E-state index is -2.75. The first-order valence-electron chi connectivity index (χ1n) is 12.3. The van der Waals surface area contributed by atoms with Crippen LogP contribution < -0.4 is 18.7 Å². The first-order valence-corrected chi connectivity index (χ1v) is 14.3. The third-order valence-electron chi connectivity index (χ3n) is 6.12. The van der Waals surface area contributed by atoms with Crippen molar-refractivity contribution in [2.75, 3.05) is 28.1 Å². The summed E-state index contributed by atoms with van der Waals surface area (Å²) in [4.78, 5) is 12.7. The molecule has 0 radical (unpaired) electrons. The van der Waals surface area contributed by atoms with E-state index in [0.29, 0.717) is 28.5 Å². The smallest absolute Gasteiger partial charge is 0.340 e. The lowest BCUT2D eigenvalue weighted by Crippen LogP contribution is -2.22. The lowest BCUT2D eigenvalue weighted by Gasteiger charge is -2.29. The van der Waals surface area contributed by atoms with E-state index < -0.39 is 28.5 Å². The molecule has 10 nitrogen and oxygen atoms in total. The van der Waals surface area contributed by atoms with Gasteiger partial charge in [-0.25, -0.2) is 4.79 Å². The van der Waals surface area contributed by atoms with Crippen LogP contribution >= 0.6 is 0 Å². The van der Waals surface area contributed by atoms with Crippen LogP contribution in [0.5, 0.6) is 11.5 Å². The van der Waals surface area contributed by atoms with Gasteiger partial charge in [0.25, 0.3) is 0 Å². The molecule has 0 aliphatic rings. The fourth-order valence-electron chi connectivity index (χ4n) is 4.09. The molecule has 0 aromatic heterocycles. The van der Waals surface area contributed by atoms with E-state index in [1.54, 1.807) is 61.6 Å². The van der Waals surface area contributed by atoms with Crippen molar-refractivity contribution in [2.24, 2.45) is 0 Å². The summed E-state index contributed by atoms with van der Waals surface area (Å²) in [7, 11) is 2.85. The van der Waals surface area contributed by atoms with Crippen molar-refractivity contribution in [3.63, 3.8) is 0 Å². The largest absolute Gasteiger partial charge is 0.755 e. The van der Waals surface area contributed by atoms with Gasteiger partial charge in [0, 0.05) is 13.1 Å². The fraction of sp³-hybridized carbons (Fsp3) is 0.138. The van der Waals surface area contributed by atoms with E-state index in [-0.39, 0.29) is 17.0 Å². The molecule has 12 heteroatoms. The minimum absolute atomic E-state index is 0.0347. The van der Waals surface area contributed by atoms with Crippen LogP contribution in [-0.4, -0.2) is 37.7 Å². The van der Waals surface area contributed by atoms with Gasteiger partial charge >= 0.3 is 5.97 Å². The Hall–Kier alpha value is -4.23. The molecule has 4 rings (SSSR count). The van der Waals surface area contributed by atoms with Gasteiger partial charge in [-0.1, -0.05) is 35.4 Å². The molecule has 4 aromatic rings. The predicted molar refractivity (Wildman–Crippen MR) is 158 cm³/mol. The Labute approximate surface area is 243 Å². The number of benzene rings is 4. The molecule has 0 saturated carbocycles. The minimum Gasteiger partial charge on any atom is -0.755 e. The zero-order valence-corrected chi connectivity index (χ0v) is 24.3. The molecule has 2 atom stereocenters. The topological polar surface area (TPSA) is 134 Å². The third-order valence-corrected chi connectivity index (χ3v) is 7.53. The first kappa shape index (κ1) is 29.7. The van der Waals surface area contributed by atoms with E-state index in [1.807, 2.05) is 26.0 Å². The lowest BCUT2D eigenvalue weighted by molar-refractivity contribution is 0.0601. The molecule has 0 saturated heterocycles. The van der Waals surface area contributed by atoms with Gasteiger partial charge in [-0.3, -0.25) is 17.0 Å². The van der Waals surface area contributed by atoms with Crippen molar-refractivity contribution in [3.8, 4) is 11.5 Å². The predicted octanol–water partition coefficient (Wildman–Crippen LogP) is 5.79. The summed E-state index contributed by atoms with van der Waals surface area (Å²) in [5.74, 6) is -0.191. The van der Waals surface area contributed by atoms with Gasteiger partial charge in [-0.05, 0) is 68.4 Å². The van der Waals surface area contributed by atoms with Crippen molar-refractivity contribution in [1.82, 2.24) is 0 Å². The lowest BCUT2D eigenvalue weighted by atomic mass is 10.1. The van der Waals surface area contributed by atoms with E-state index in [0.717, 1.165) is 19.7 Å². The number of hydrogen-bond acceptors (Lipinski definition) is 8. The molecule has 0 fully saturated rings. The number of aryl methyl sites for hydroxylation is 2. The Bertz CT molecular complexity index is 1600. The third kappa shape index (κ3) is 6.74. The summed E-state index contributed by atoms with van der Waals surface area (Å²) in [6.07, 6.45) is 0. The average Bonchev–Trinajstić information content (AvgIpc) is 2.95. The highest BCUT2D eigenvalue weighted by atomic mass is 32.2. The molecule has 0 spiro atoms. The van der Waals surface area contributed by atoms with Crippen molar-refractivity contribution < 1.29 is 31.8 Å². The van der Waals surface area contributed by atoms with E-state index in [4.69, 9.17) is 9.47 Å². The number of ether oxygens (including phenoxy) is 2. The fourth-order valence-corrected chi connectivity index (χ4v) is 5.32. The molecular weight excluding hydrogens is 566 g/mol. The summed E-state index contributed by atoms with van der Waals surface area (Å²) in [6.45, 7) is 3.78. The van der Waals surface area contributed by atoms with Crippen molar-refractivity contribution in [3.05, 3.63) is 102 Å². The molecule has 0 aliphatic heterocycles. The Morgan fingerprint density at radius 2 is 1.20 bits per heavy atom. The van der Waals surface area contributed by atoms with Gasteiger partial charge in [0.05, 0.1) is 63.6 Å². The maximum atomic E-state index is 12.7. The Balaban J connectivity index is 1.70. The highest BCUT2D eigenvalue weighted by molar-refractivity contribution is 7.81. The van der Waals surface area contributed by atoms with Gasteiger partial charge < -0.3 is 23.9 Å². The molecule has 0 aliphatic carbocycles. The number of carbonyl (C=O) groups excluding carboxylic acids is 1. The van der Waals surface area contributed by atoms with Gasteiger partial charge in [0.15, 0.2) is 0 Å². The van der Waals surface area contributed by atoms with Crippen LogP contribution in [0.15, 0.2) is 84.9 Å². The van der Waals surface area contributed by atoms with Crippen LogP contribution in [0.1, 0.15) is 21.5 Å². The average molecular weight is 594 g/mol. The quantitative estimate of drug-likeness (QED) is 0.180. The van der Waals surface area contributed by atoms with E-state index in [2.05, 4.69) is 5.32 Å². The van der Waals surface area contributed by atoms with Crippen LogP contribution in [0.25, 0.3) is 0 Å². The Morgan fingerprint density at radius 3 is 1.66 bits per heavy atom. The van der Waals surface area contributed by atoms with Gasteiger partial charge in [0.2, 0.25) is 0 Å². The van der Waals surface area contributed by atoms with Crippen molar-refractivity contribution >= 4 is 56.9 Å². The number of nitrogens with one attached hydrogen (secondary N) is 1. The summed E-state index contributed by atoms with van der Waals surface area (Å²) in [6, 6.07) is 23.0. The highest BCUT2D eigenvalue weighted by Gasteiger charge is 2.22. The molecule has 1 N–H and O–H groups in total. The monoisotopic (exact) mass is 593 g/mol. The second-order valence-electron chi connectivity index (χ2n) is 8.90. The molecule has 0 bridgehead atoms. The number of hydrogen-bond donors (Lipinski definition) is 1. The van der Waals surface area contributed by atoms with Crippen LogP contribution in [0.3, 0.4) is 0 Å². The Kier molecular flexibility index (Phi) is 9.40. The number of nitrogens with zero attached hydrogens (tertiary/aromatic N) is 2. The first-order chi connectivity index (χ1) is 19.6. The molecular formula is C29H27N3O7S2-2. The summed E-state index contributed by atoms with van der Waals surface area (Å²) < 4.78 is 61.9. The van der Waals surface area contributed by atoms with Crippen LogP contribution in [0, 0.1) is 13.8 Å². The standard InChI is InChI=1S/C29H29N3O7S2/c1-19-5-9-21(10-6-19)31(40(34)35)27-15-13-23(17-25(27)29(33)38-4)39-24-14-16-28(26(18-24)30-3)32(41(36)37)22-11-7-20(2)8-12-22/h5-18,30H,1-4H3,(H,34,35)(H,36,37)/p-2. The zero-order chi connectivity index (χ0) is 29.7. The molecule has 214 valence electrons. The van der Waals surface area contributed by atoms with Gasteiger partial charge in [-0.15, -0.1) is 0 Å². The number of methoxy groups -OCH3 is 1. The molecule has 4 aromatic carbocycles. The van der Waals surface area contributed by atoms with E-state index >= 15 is 0 Å².